The number of aliphatic hydroxyl groups is 1. The molecule has 0 radical (unpaired) electrons. The smallest absolute Gasteiger partial charge is 0.224 e. The van der Waals surface area contributed by atoms with Crippen LogP contribution in [0.25, 0.3) is 0 Å². The first kappa shape index (κ1) is 15.4. The first-order valence-corrected chi connectivity index (χ1v) is 6.17. The van der Waals surface area contributed by atoms with E-state index in [4.69, 9.17) is 0 Å². The fraction of sp³-hybridized carbons (Fsp3) is 0.917. The molecule has 0 aromatic heterocycles. The van der Waals surface area contributed by atoms with E-state index in [0.29, 0.717) is 13.1 Å². The standard InChI is InChI=1S/C12H26N2O2/c1-5-10(6-2)11(15)8-14-12(16)9(3)7-13-4/h9-11,13,15H,5-8H2,1-4H3,(H,14,16). The van der Waals surface area contributed by atoms with E-state index in [1.165, 1.54) is 0 Å². The SMILES string of the molecule is CCC(CC)C(O)CNC(=O)C(C)CNC. The van der Waals surface area contributed by atoms with Crippen molar-refractivity contribution in [3.05, 3.63) is 0 Å². The molecular formula is C12H26N2O2. The average molecular weight is 230 g/mol. The molecule has 0 saturated carbocycles. The van der Waals surface area contributed by atoms with Crippen molar-refractivity contribution in [2.45, 2.75) is 39.7 Å². The van der Waals surface area contributed by atoms with Crippen LogP contribution in [0.5, 0.6) is 0 Å². The van der Waals surface area contributed by atoms with Gasteiger partial charge in [-0.1, -0.05) is 33.6 Å². The number of nitrogens with one attached hydrogen (secondary N) is 2. The molecule has 0 fully saturated rings. The van der Waals surface area contributed by atoms with Crippen LogP contribution >= 0.6 is 0 Å². The zero-order chi connectivity index (χ0) is 12.6. The van der Waals surface area contributed by atoms with Gasteiger partial charge >= 0.3 is 0 Å². The zero-order valence-corrected chi connectivity index (χ0v) is 10.9. The van der Waals surface area contributed by atoms with E-state index in [9.17, 15) is 9.90 Å². The summed E-state index contributed by atoms with van der Waals surface area (Å²) in [6, 6.07) is 0. The lowest BCUT2D eigenvalue weighted by Gasteiger charge is -2.21. The van der Waals surface area contributed by atoms with Gasteiger partial charge in [0.15, 0.2) is 0 Å². The third-order valence-electron chi connectivity index (χ3n) is 3.04. The van der Waals surface area contributed by atoms with Gasteiger partial charge in [0.05, 0.1) is 6.10 Å². The molecule has 1 amide bonds. The second-order valence-electron chi connectivity index (χ2n) is 4.35. The molecule has 96 valence electrons. The molecule has 0 aromatic rings. The molecule has 4 heteroatoms. The summed E-state index contributed by atoms with van der Waals surface area (Å²) in [7, 11) is 1.82. The lowest BCUT2D eigenvalue weighted by Crippen LogP contribution is -2.40. The van der Waals surface area contributed by atoms with Crippen molar-refractivity contribution < 1.29 is 9.90 Å². The molecule has 3 N–H and O–H groups in total. The molecule has 0 aromatic carbocycles. The molecule has 2 atom stereocenters. The summed E-state index contributed by atoms with van der Waals surface area (Å²) in [5.74, 6) is 0.221. The molecule has 0 saturated heterocycles. The Morgan fingerprint density at radius 1 is 1.25 bits per heavy atom. The van der Waals surface area contributed by atoms with Gasteiger partial charge in [0.2, 0.25) is 5.91 Å². The number of carbonyl (C=O) groups is 1. The summed E-state index contributed by atoms with van der Waals surface area (Å²) in [6.45, 7) is 7.01. The normalized spacial score (nSPS) is 14.9. The van der Waals surface area contributed by atoms with Gasteiger partial charge in [-0.25, -0.2) is 0 Å². The Bertz CT molecular complexity index is 193. The van der Waals surface area contributed by atoms with Crippen molar-refractivity contribution in [1.82, 2.24) is 10.6 Å². The van der Waals surface area contributed by atoms with Crippen molar-refractivity contribution >= 4 is 5.91 Å². The van der Waals surface area contributed by atoms with Crippen molar-refractivity contribution in [2.75, 3.05) is 20.1 Å². The average Bonchev–Trinajstić information content (AvgIpc) is 2.27. The molecule has 0 aliphatic rings. The molecule has 0 aliphatic carbocycles. The minimum absolute atomic E-state index is 0.000596. The van der Waals surface area contributed by atoms with E-state index in [2.05, 4.69) is 24.5 Å². The highest BCUT2D eigenvalue weighted by Crippen LogP contribution is 2.12. The number of rotatable bonds is 8. The van der Waals surface area contributed by atoms with Gasteiger partial charge in [-0.2, -0.15) is 0 Å². The fourth-order valence-corrected chi connectivity index (χ4v) is 1.78. The summed E-state index contributed by atoms with van der Waals surface area (Å²) in [4.78, 5) is 11.6. The summed E-state index contributed by atoms with van der Waals surface area (Å²) in [6.07, 6.45) is 1.46. The van der Waals surface area contributed by atoms with E-state index < -0.39 is 6.10 Å². The first-order chi connectivity index (χ1) is 7.56. The summed E-state index contributed by atoms with van der Waals surface area (Å²) in [5, 5.41) is 15.6. The van der Waals surface area contributed by atoms with Crippen molar-refractivity contribution in [1.29, 1.82) is 0 Å². The first-order valence-electron chi connectivity index (χ1n) is 6.17. The minimum Gasteiger partial charge on any atom is -0.391 e. The molecule has 0 heterocycles. The predicted molar refractivity (Wildman–Crippen MR) is 66.2 cm³/mol. The van der Waals surface area contributed by atoms with Crippen LogP contribution < -0.4 is 10.6 Å². The number of amides is 1. The van der Waals surface area contributed by atoms with E-state index in [1.807, 2.05) is 14.0 Å². The Balaban J connectivity index is 3.90. The third-order valence-corrected chi connectivity index (χ3v) is 3.04. The van der Waals surface area contributed by atoms with Crippen LogP contribution in [0.2, 0.25) is 0 Å². The lowest BCUT2D eigenvalue weighted by atomic mass is 9.96. The predicted octanol–water partition coefficient (Wildman–Crippen LogP) is 0.755. The van der Waals surface area contributed by atoms with Gasteiger partial charge in [0.25, 0.3) is 0 Å². The summed E-state index contributed by atoms with van der Waals surface area (Å²) >= 11 is 0. The van der Waals surface area contributed by atoms with Crippen molar-refractivity contribution in [2.24, 2.45) is 11.8 Å². The highest BCUT2D eigenvalue weighted by atomic mass is 16.3. The van der Waals surface area contributed by atoms with Crippen LogP contribution in [-0.4, -0.2) is 37.3 Å². The maximum absolute atomic E-state index is 11.6. The van der Waals surface area contributed by atoms with Crippen LogP contribution in [0.3, 0.4) is 0 Å². The fourth-order valence-electron chi connectivity index (χ4n) is 1.78. The molecular weight excluding hydrogens is 204 g/mol. The van der Waals surface area contributed by atoms with Crippen LogP contribution in [0, 0.1) is 11.8 Å². The molecule has 2 unspecified atom stereocenters. The Morgan fingerprint density at radius 3 is 2.25 bits per heavy atom. The van der Waals surface area contributed by atoms with Gasteiger partial charge in [-0.15, -0.1) is 0 Å². The molecule has 0 bridgehead atoms. The molecule has 0 spiro atoms. The maximum Gasteiger partial charge on any atom is 0.224 e. The Hall–Kier alpha value is -0.610. The van der Waals surface area contributed by atoms with Crippen molar-refractivity contribution in [3.8, 4) is 0 Å². The van der Waals surface area contributed by atoms with Crippen molar-refractivity contribution in [3.63, 3.8) is 0 Å². The van der Waals surface area contributed by atoms with Crippen LogP contribution in [0.15, 0.2) is 0 Å². The molecule has 0 rings (SSSR count). The Morgan fingerprint density at radius 2 is 1.81 bits per heavy atom. The van der Waals surface area contributed by atoms with E-state index in [-0.39, 0.29) is 17.7 Å². The number of carbonyl (C=O) groups excluding carboxylic acids is 1. The molecule has 16 heavy (non-hydrogen) atoms. The van der Waals surface area contributed by atoms with Gasteiger partial charge in [0, 0.05) is 19.0 Å². The van der Waals surface area contributed by atoms with E-state index in [0.717, 1.165) is 12.8 Å². The Labute approximate surface area is 98.8 Å². The topological polar surface area (TPSA) is 61.4 Å². The zero-order valence-electron chi connectivity index (χ0n) is 10.9. The number of aliphatic hydroxyl groups excluding tert-OH is 1. The maximum atomic E-state index is 11.6. The second kappa shape index (κ2) is 8.53. The minimum atomic E-state index is -0.430. The van der Waals surface area contributed by atoms with Crippen LogP contribution in [-0.2, 0) is 4.79 Å². The highest BCUT2D eigenvalue weighted by Gasteiger charge is 2.18. The molecule has 4 nitrogen and oxygen atoms in total. The summed E-state index contributed by atoms with van der Waals surface area (Å²) in [5.41, 5.74) is 0. The van der Waals surface area contributed by atoms with Crippen LogP contribution in [0.1, 0.15) is 33.6 Å². The van der Waals surface area contributed by atoms with Gasteiger partial charge < -0.3 is 15.7 Å². The second-order valence-corrected chi connectivity index (χ2v) is 4.35. The summed E-state index contributed by atoms with van der Waals surface area (Å²) < 4.78 is 0. The monoisotopic (exact) mass is 230 g/mol. The van der Waals surface area contributed by atoms with E-state index >= 15 is 0 Å². The van der Waals surface area contributed by atoms with Gasteiger partial charge in [-0.3, -0.25) is 4.79 Å². The number of hydrogen-bond donors (Lipinski definition) is 3. The van der Waals surface area contributed by atoms with Gasteiger partial charge in [-0.05, 0) is 13.0 Å². The number of hydrogen-bond acceptors (Lipinski definition) is 3. The lowest BCUT2D eigenvalue weighted by molar-refractivity contribution is -0.125. The highest BCUT2D eigenvalue weighted by molar-refractivity contribution is 5.78. The Kier molecular flexibility index (Phi) is 8.21. The third kappa shape index (κ3) is 5.47. The molecule has 0 aliphatic heterocycles. The van der Waals surface area contributed by atoms with Crippen LogP contribution in [0.4, 0.5) is 0 Å². The largest absolute Gasteiger partial charge is 0.391 e. The quantitative estimate of drug-likeness (QED) is 0.577. The van der Waals surface area contributed by atoms with Gasteiger partial charge in [0.1, 0.15) is 0 Å². The van der Waals surface area contributed by atoms with E-state index in [1.54, 1.807) is 0 Å².